The molecule has 2 rings (SSSR count). The maximum absolute atomic E-state index is 12.5. The molecule has 0 amide bonds. The van der Waals surface area contributed by atoms with Gasteiger partial charge in [0.2, 0.25) is 0 Å². The molecule has 1 aliphatic heterocycles. The molecule has 1 aliphatic rings. The summed E-state index contributed by atoms with van der Waals surface area (Å²) in [5.74, 6) is -0.205. The molecule has 0 spiro atoms. The van der Waals surface area contributed by atoms with Crippen LogP contribution in [0.2, 0.25) is 0 Å². The van der Waals surface area contributed by atoms with Gasteiger partial charge in [0.1, 0.15) is 0 Å². The molecule has 0 radical (unpaired) electrons. The van der Waals surface area contributed by atoms with Crippen LogP contribution in [0.5, 0.6) is 0 Å². The van der Waals surface area contributed by atoms with E-state index in [-0.39, 0.29) is 12.2 Å². The van der Waals surface area contributed by atoms with Crippen LogP contribution in [-0.4, -0.2) is 42.2 Å². The maximum Gasteiger partial charge on any atom is 0.168 e. The summed E-state index contributed by atoms with van der Waals surface area (Å²) in [5, 5.41) is 0. The van der Waals surface area contributed by atoms with Gasteiger partial charge in [0, 0.05) is 32.0 Å². The molecule has 0 N–H and O–H groups in total. The summed E-state index contributed by atoms with van der Waals surface area (Å²) < 4.78 is 29.3. The highest BCUT2D eigenvalue weighted by molar-refractivity contribution is 7.85. The lowest BCUT2D eigenvalue weighted by Crippen LogP contribution is -2.47. The van der Waals surface area contributed by atoms with Gasteiger partial charge >= 0.3 is 0 Å². The number of aryl methyl sites for hydroxylation is 1. The first kappa shape index (κ1) is 16.6. The highest BCUT2D eigenvalue weighted by Gasteiger charge is 2.39. The van der Waals surface area contributed by atoms with Gasteiger partial charge < -0.3 is 14.2 Å². The van der Waals surface area contributed by atoms with Crippen LogP contribution in [0.15, 0.2) is 29.2 Å². The van der Waals surface area contributed by atoms with Crippen LogP contribution in [0.25, 0.3) is 0 Å². The second-order valence-corrected chi connectivity index (χ2v) is 7.20. The molecule has 1 unspecified atom stereocenters. The zero-order valence-electron chi connectivity index (χ0n) is 13.1. The smallest absolute Gasteiger partial charge is 0.168 e. The molecule has 0 aliphatic carbocycles. The molecule has 0 saturated carbocycles. The monoisotopic (exact) mass is 312 g/mol. The zero-order chi connectivity index (χ0) is 15.5. The molecule has 0 aromatic heterocycles. The predicted molar refractivity (Wildman–Crippen MR) is 82.8 cm³/mol. The van der Waals surface area contributed by atoms with Gasteiger partial charge in [0.25, 0.3) is 0 Å². The topological polar surface area (TPSA) is 44.8 Å². The van der Waals surface area contributed by atoms with Crippen LogP contribution in [0.1, 0.15) is 25.3 Å². The summed E-state index contributed by atoms with van der Waals surface area (Å²) >= 11 is 0. The quantitative estimate of drug-likeness (QED) is 0.838. The predicted octanol–water partition coefficient (Wildman–Crippen LogP) is 2.66. The Morgan fingerprint density at radius 3 is 2.57 bits per heavy atom. The Kier molecular flexibility index (Phi) is 5.54. The lowest BCUT2D eigenvalue weighted by molar-refractivity contribution is -0.272. The van der Waals surface area contributed by atoms with Gasteiger partial charge in [0.05, 0.1) is 28.8 Å². The standard InChI is InChI=1S/C16H24O4S/c1-12-5-7-15(8-6-12)21(17)11-14-9-13(18-3)10-16(2,19-4)20-14/h5-8,13-14H,9-11H2,1-4H3/t13-,14-,16-,21?/m1/s1. The average molecular weight is 312 g/mol. The Hall–Kier alpha value is -0.750. The first-order chi connectivity index (χ1) is 9.95. The lowest BCUT2D eigenvalue weighted by Gasteiger charge is -2.40. The number of ether oxygens (including phenoxy) is 3. The van der Waals surface area contributed by atoms with Gasteiger partial charge in [-0.2, -0.15) is 0 Å². The molecular weight excluding hydrogens is 288 g/mol. The number of rotatable bonds is 5. The maximum atomic E-state index is 12.5. The summed E-state index contributed by atoms with van der Waals surface area (Å²) in [5.41, 5.74) is 1.16. The van der Waals surface area contributed by atoms with E-state index in [1.807, 2.05) is 38.1 Å². The fourth-order valence-electron chi connectivity index (χ4n) is 2.61. The molecule has 4 atom stereocenters. The van der Waals surface area contributed by atoms with Crippen LogP contribution in [0.3, 0.4) is 0 Å². The molecule has 118 valence electrons. The van der Waals surface area contributed by atoms with E-state index < -0.39 is 16.6 Å². The van der Waals surface area contributed by atoms with E-state index in [9.17, 15) is 4.21 Å². The summed E-state index contributed by atoms with van der Waals surface area (Å²) in [4.78, 5) is 0.836. The van der Waals surface area contributed by atoms with Crippen molar-refractivity contribution in [1.29, 1.82) is 0 Å². The Morgan fingerprint density at radius 2 is 2.00 bits per heavy atom. The SMILES string of the molecule is CO[C@@H]1C[C@H](CS(=O)c2ccc(C)cc2)O[C@@](C)(OC)C1. The third-order valence-corrected chi connectivity index (χ3v) is 5.40. The highest BCUT2D eigenvalue weighted by Crippen LogP contribution is 2.31. The molecule has 1 aromatic rings. The van der Waals surface area contributed by atoms with Gasteiger partial charge in [-0.25, -0.2) is 0 Å². The molecule has 1 heterocycles. The molecule has 21 heavy (non-hydrogen) atoms. The van der Waals surface area contributed by atoms with Crippen molar-refractivity contribution in [3.8, 4) is 0 Å². The number of benzene rings is 1. The molecule has 1 fully saturated rings. The van der Waals surface area contributed by atoms with Gasteiger partial charge in [-0.05, 0) is 26.0 Å². The van der Waals surface area contributed by atoms with Gasteiger partial charge in [-0.1, -0.05) is 17.7 Å². The van der Waals surface area contributed by atoms with E-state index in [0.717, 1.165) is 16.9 Å². The summed E-state index contributed by atoms with van der Waals surface area (Å²) in [6.07, 6.45) is 1.38. The zero-order valence-corrected chi connectivity index (χ0v) is 13.9. The van der Waals surface area contributed by atoms with E-state index in [4.69, 9.17) is 14.2 Å². The largest absolute Gasteiger partial charge is 0.381 e. The normalized spacial score (nSPS) is 31.0. The molecule has 1 saturated heterocycles. The van der Waals surface area contributed by atoms with Crippen LogP contribution in [0, 0.1) is 6.92 Å². The van der Waals surface area contributed by atoms with E-state index in [2.05, 4.69) is 0 Å². The summed E-state index contributed by atoms with van der Waals surface area (Å²) in [7, 11) is 2.25. The van der Waals surface area contributed by atoms with E-state index in [1.54, 1.807) is 14.2 Å². The van der Waals surface area contributed by atoms with Crippen molar-refractivity contribution in [2.24, 2.45) is 0 Å². The first-order valence-corrected chi connectivity index (χ1v) is 8.48. The van der Waals surface area contributed by atoms with Gasteiger partial charge in [-0.15, -0.1) is 0 Å². The van der Waals surface area contributed by atoms with Crippen molar-refractivity contribution in [3.05, 3.63) is 29.8 Å². The molecule has 5 heteroatoms. The third kappa shape index (κ3) is 4.36. The van der Waals surface area contributed by atoms with Crippen LogP contribution in [0.4, 0.5) is 0 Å². The number of hydrogen-bond acceptors (Lipinski definition) is 4. The molecular formula is C16H24O4S. The minimum absolute atomic E-state index is 0.0729. The fraction of sp³-hybridized carbons (Fsp3) is 0.625. The third-order valence-electron chi connectivity index (χ3n) is 3.93. The van der Waals surface area contributed by atoms with Gasteiger partial charge in [0.15, 0.2) is 5.79 Å². The minimum Gasteiger partial charge on any atom is -0.381 e. The minimum atomic E-state index is -1.08. The highest BCUT2D eigenvalue weighted by atomic mass is 32.2. The van der Waals surface area contributed by atoms with Crippen molar-refractivity contribution in [1.82, 2.24) is 0 Å². The van der Waals surface area contributed by atoms with Gasteiger partial charge in [-0.3, -0.25) is 4.21 Å². The Bertz CT molecular complexity index is 488. The molecule has 0 bridgehead atoms. The fourth-order valence-corrected chi connectivity index (χ4v) is 3.78. The number of methoxy groups -OCH3 is 2. The van der Waals surface area contributed by atoms with E-state index in [1.165, 1.54) is 0 Å². The molecule has 1 aromatic carbocycles. The van der Waals surface area contributed by atoms with Crippen LogP contribution >= 0.6 is 0 Å². The van der Waals surface area contributed by atoms with E-state index >= 15 is 0 Å². The first-order valence-electron chi connectivity index (χ1n) is 7.16. The number of hydrogen-bond donors (Lipinski definition) is 0. The lowest BCUT2D eigenvalue weighted by atomic mass is 10.00. The Labute approximate surface area is 129 Å². The van der Waals surface area contributed by atoms with Crippen LogP contribution < -0.4 is 0 Å². The van der Waals surface area contributed by atoms with Crippen LogP contribution in [-0.2, 0) is 25.0 Å². The van der Waals surface area contributed by atoms with E-state index in [0.29, 0.717) is 12.2 Å². The summed E-state index contributed by atoms with van der Waals surface area (Å²) in [6, 6.07) is 7.79. The average Bonchev–Trinajstić information content (AvgIpc) is 2.47. The summed E-state index contributed by atoms with van der Waals surface area (Å²) in [6.45, 7) is 3.92. The van der Waals surface area contributed by atoms with Crippen molar-refractivity contribution in [3.63, 3.8) is 0 Å². The van der Waals surface area contributed by atoms with Crippen molar-refractivity contribution in [2.75, 3.05) is 20.0 Å². The van der Waals surface area contributed by atoms with Crippen molar-refractivity contribution in [2.45, 2.75) is 49.6 Å². The Balaban J connectivity index is 2.03. The second kappa shape index (κ2) is 7.01. The van der Waals surface area contributed by atoms with Crippen molar-refractivity contribution >= 4 is 10.8 Å². The molecule has 4 nitrogen and oxygen atoms in total. The second-order valence-electron chi connectivity index (χ2n) is 5.70. The Morgan fingerprint density at radius 1 is 1.33 bits per heavy atom. The van der Waals surface area contributed by atoms with Crippen molar-refractivity contribution < 1.29 is 18.4 Å².